The zero-order valence-electron chi connectivity index (χ0n) is 12.3. The molecule has 20 heavy (non-hydrogen) atoms. The van der Waals surface area contributed by atoms with Gasteiger partial charge in [0.05, 0.1) is 0 Å². The fourth-order valence-corrected chi connectivity index (χ4v) is 4.19. The van der Waals surface area contributed by atoms with Crippen LogP contribution in [-0.4, -0.2) is 37.3 Å². The van der Waals surface area contributed by atoms with Crippen LogP contribution in [0.3, 0.4) is 0 Å². The van der Waals surface area contributed by atoms with E-state index < -0.39 is 10.0 Å². The molecule has 0 amide bonds. The zero-order valence-corrected chi connectivity index (χ0v) is 13.2. The number of sulfonamides is 1. The third-order valence-electron chi connectivity index (χ3n) is 3.86. The first-order valence-corrected chi connectivity index (χ1v) is 8.59. The maximum atomic E-state index is 12.7. The molecule has 1 fully saturated rings. The highest BCUT2D eigenvalue weighted by atomic mass is 32.2. The predicted molar refractivity (Wildman–Crippen MR) is 80.1 cm³/mol. The maximum absolute atomic E-state index is 12.7. The minimum Gasteiger partial charge on any atom is -0.369 e. The minimum absolute atomic E-state index is 0.284. The number of anilines is 1. The van der Waals surface area contributed by atoms with E-state index in [1.807, 2.05) is 6.92 Å². The predicted octanol–water partition coefficient (Wildman–Crippen LogP) is 2.18. The summed E-state index contributed by atoms with van der Waals surface area (Å²) in [7, 11) is -3.45. The Labute approximate surface area is 121 Å². The molecule has 0 radical (unpaired) electrons. The Balaban J connectivity index is 2.28. The number of rotatable bonds is 5. The first-order chi connectivity index (χ1) is 9.46. The van der Waals surface area contributed by atoms with Crippen molar-refractivity contribution in [3.8, 4) is 0 Å². The fourth-order valence-electron chi connectivity index (χ4n) is 2.55. The molecule has 5 nitrogen and oxygen atoms in total. The van der Waals surface area contributed by atoms with E-state index in [-0.39, 0.29) is 4.90 Å². The number of aromatic nitrogens is 1. The van der Waals surface area contributed by atoms with Gasteiger partial charge in [0.1, 0.15) is 10.7 Å². The van der Waals surface area contributed by atoms with Crippen LogP contribution in [0.15, 0.2) is 23.2 Å². The van der Waals surface area contributed by atoms with E-state index in [9.17, 15) is 8.42 Å². The summed E-state index contributed by atoms with van der Waals surface area (Å²) < 4.78 is 27.1. The van der Waals surface area contributed by atoms with Crippen molar-refractivity contribution in [3.05, 3.63) is 18.3 Å². The largest absolute Gasteiger partial charge is 0.369 e. The lowest BCUT2D eigenvalue weighted by molar-refractivity contribution is 0.388. The second-order valence-corrected chi connectivity index (χ2v) is 7.44. The highest BCUT2D eigenvalue weighted by molar-refractivity contribution is 7.89. The first-order valence-electron chi connectivity index (χ1n) is 7.15. The molecule has 1 atom stereocenters. The van der Waals surface area contributed by atoms with E-state index in [2.05, 4.69) is 24.1 Å². The van der Waals surface area contributed by atoms with Gasteiger partial charge in [-0.25, -0.2) is 13.4 Å². The van der Waals surface area contributed by atoms with Crippen molar-refractivity contribution < 1.29 is 8.42 Å². The molecular formula is C14H23N3O2S. The highest BCUT2D eigenvalue weighted by Gasteiger charge is 2.35. The summed E-state index contributed by atoms with van der Waals surface area (Å²) in [5.74, 6) is 1.41. The van der Waals surface area contributed by atoms with Gasteiger partial charge in [0.25, 0.3) is 0 Å². The standard InChI is InChI=1S/C14H23N3O2S/c1-4-15-14-13(6-5-8-16-14)20(18,19)17-9-7-12(10-17)11(2)3/h5-6,8,11-12H,4,7,9-10H2,1-3H3,(H,15,16). The third kappa shape index (κ3) is 2.96. The van der Waals surface area contributed by atoms with Gasteiger partial charge in [-0.3, -0.25) is 0 Å². The van der Waals surface area contributed by atoms with Gasteiger partial charge in [-0.15, -0.1) is 0 Å². The Morgan fingerprint density at radius 1 is 1.50 bits per heavy atom. The molecule has 1 aromatic heterocycles. The van der Waals surface area contributed by atoms with Gasteiger partial charge in [0, 0.05) is 25.8 Å². The molecule has 1 aromatic rings. The summed E-state index contributed by atoms with van der Waals surface area (Å²) in [5, 5.41) is 3.02. The van der Waals surface area contributed by atoms with Crippen molar-refractivity contribution in [2.24, 2.45) is 11.8 Å². The molecule has 1 N–H and O–H groups in total. The lowest BCUT2D eigenvalue weighted by Gasteiger charge is -2.19. The van der Waals surface area contributed by atoms with E-state index in [0.717, 1.165) is 6.42 Å². The van der Waals surface area contributed by atoms with E-state index in [1.165, 1.54) is 0 Å². The van der Waals surface area contributed by atoms with Crippen LogP contribution in [0.1, 0.15) is 27.2 Å². The number of nitrogens with zero attached hydrogens (tertiary/aromatic N) is 2. The molecule has 0 aliphatic carbocycles. The smallest absolute Gasteiger partial charge is 0.246 e. The number of nitrogens with one attached hydrogen (secondary N) is 1. The molecule has 1 unspecified atom stereocenters. The van der Waals surface area contributed by atoms with Crippen LogP contribution in [0, 0.1) is 11.8 Å². The quantitative estimate of drug-likeness (QED) is 0.905. The summed E-state index contributed by atoms with van der Waals surface area (Å²) in [6.45, 7) is 8.08. The molecule has 0 spiro atoms. The lowest BCUT2D eigenvalue weighted by Crippen LogP contribution is -2.30. The van der Waals surface area contributed by atoms with E-state index in [4.69, 9.17) is 0 Å². The van der Waals surface area contributed by atoms with Gasteiger partial charge in [-0.05, 0) is 37.3 Å². The molecule has 0 saturated carbocycles. The Morgan fingerprint density at radius 2 is 2.25 bits per heavy atom. The van der Waals surface area contributed by atoms with E-state index >= 15 is 0 Å². The minimum atomic E-state index is -3.45. The van der Waals surface area contributed by atoms with Gasteiger partial charge < -0.3 is 5.32 Å². The highest BCUT2D eigenvalue weighted by Crippen LogP contribution is 2.30. The Bertz CT molecular complexity index is 557. The van der Waals surface area contributed by atoms with Crippen LogP contribution < -0.4 is 5.32 Å². The second-order valence-electron chi connectivity index (χ2n) is 5.54. The van der Waals surface area contributed by atoms with Crippen LogP contribution in [0.2, 0.25) is 0 Å². The molecule has 2 heterocycles. The van der Waals surface area contributed by atoms with Gasteiger partial charge in [-0.1, -0.05) is 13.8 Å². The lowest BCUT2D eigenvalue weighted by atomic mass is 9.96. The Hall–Kier alpha value is -1.14. The van der Waals surface area contributed by atoms with Crippen molar-refractivity contribution in [1.82, 2.24) is 9.29 Å². The van der Waals surface area contributed by atoms with Crippen molar-refractivity contribution in [1.29, 1.82) is 0 Å². The van der Waals surface area contributed by atoms with Gasteiger partial charge in [-0.2, -0.15) is 4.31 Å². The zero-order chi connectivity index (χ0) is 14.8. The van der Waals surface area contributed by atoms with E-state index in [0.29, 0.717) is 37.3 Å². The average Bonchev–Trinajstić information content (AvgIpc) is 2.90. The van der Waals surface area contributed by atoms with Gasteiger partial charge >= 0.3 is 0 Å². The normalized spacial score (nSPS) is 20.5. The van der Waals surface area contributed by atoms with Gasteiger partial charge in [0.2, 0.25) is 10.0 Å². The van der Waals surface area contributed by atoms with Crippen molar-refractivity contribution in [2.45, 2.75) is 32.1 Å². The van der Waals surface area contributed by atoms with Crippen LogP contribution in [0.4, 0.5) is 5.82 Å². The number of hydrogen-bond donors (Lipinski definition) is 1. The third-order valence-corrected chi connectivity index (χ3v) is 5.76. The number of hydrogen-bond acceptors (Lipinski definition) is 4. The summed E-state index contributed by atoms with van der Waals surface area (Å²) >= 11 is 0. The molecule has 0 aromatic carbocycles. The summed E-state index contributed by atoms with van der Waals surface area (Å²) in [6.07, 6.45) is 2.55. The molecular weight excluding hydrogens is 274 g/mol. The SMILES string of the molecule is CCNc1ncccc1S(=O)(=O)N1CCC(C(C)C)C1. The van der Waals surface area contributed by atoms with Crippen molar-refractivity contribution >= 4 is 15.8 Å². The molecule has 6 heteroatoms. The second kappa shape index (κ2) is 6.10. The fraction of sp³-hybridized carbons (Fsp3) is 0.643. The summed E-state index contributed by atoms with van der Waals surface area (Å²) in [4.78, 5) is 4.43. The summed E-state index contributed by atoms with van der Waals surface area (Å²) in [5.41, 5.74) is 0. The van der Waals surface area contributed by atoms with E-state index in [1.54, 1.807) is 22.6 Å². The molecule has 112 valence electrons. The molecule has 2 rings (SSSR count). The van der Waals surface area contributed by atoms with Crippen molar-refractivity contribution in [2.75, 3.05) is 25.0 Å². The van der Waals surface area contributed by atoms with Gasteiger partial charge in [0.15, 0.2) is 0 Å². The first kappa shape index (κ1) is 15.3. The average molecular weight is 297 g/mol. The van der Waals surface area contributed by atoms with Crippen LogP contribution in [0.25, 0.3) is 0 Å². The Kier molecular flexibility index (Phi) is 4.65. The molecule has 0 bridgehead atoms. The topological polar surface area (TPSA) is 62.3 Å². The summed E-state index contributed by atoms with van der Waals surface area (Å²) in [6, 6.07) is 3.30. The monoisotopic (exact) mass is 297 g/mol. The number of pyridine rings is 1. The molecule has 1 saturated heterocycles. The van der Waals surface area contributed by atoms with Crippen molar-refractivity contribution in [3.63, 3.8) is 0 Å². The maximum Gasteiger partial charge on any atom is 0.246 e. The Morgan fingerprint density at radius 3 is 2.85 bits per heavy atom. The van der Waals surface area contributed by atoms with Crippen LogP contribution >= 0.6 is 0 Å². The molecule has 1 aliphatic heterocycles. The van der Waals surface area contributed by atoms with Crippen LogP contribution in [-0.2, 0) is 10.0 Å². The van der Waals surface area contributed by atoms with Crippen LogP contribution in [0.5, 0.6) is 0 Å². The molecule has 1 aliphatic rings.